The highest BCUT2D eigenvalue weighted by molar-refractivity contribution is 8.00. The number of rotatable bonds is 1. The number of morpholine rings is 1. The normalized spacial score (nSPS) is 24.6. The lowest BCUT2D eigenvalue weighted by atomic mass is 10.4. The highest BCUT2D eigenvalue weighted by atomic mass is 35.5. The lowest BCUT2D eigenvalue weighted by Gasteiger charge is -2.31. The van der Waals surface area contributed by atoms with Crippen LogP contribution in [0.5, 0.6) is 0 Å². The summed E-state index contributed by atoms with van der Waals surface area (Å²) in [4.78, 5) is 5.11. The molecule has 0 saturated carbocycles. The third-order valence-corrected chi connectivity index (χ3v) is 2.81. The zero-order valence-corrected chi connectivity index (χ0v) is 8.07. The largest absolute Gasteiger partial charge is 0.378 e. The number of halogens is 1. The highest BCUT2D eigenvalue weighted by Crippen LogP contribution is 2.23. The lowest BCUT2D eigenvalue weighted by molar-refractivity contribution is 0.0446. The average molecular weight is 208 g/mol. The Hall–Kier alpha value is -0.100. The Morgan fingerprint density at radius 1 is 1.50 bits per heavy atom. The second-order valence-electron chi connectivity index (χ2n) is 2.57. The molecule has 68 valence electrons. The molecule has 2 rings (SSSR count). The van der Waals surface area contributed by atoms with Gasteiger partial charge in [-0.3, -0.25) is 0 Å². The monoisotopic (exact) mass is 207 g/mol. The van der Waals surface area contributed by atoms with E-state index in [1.807, 2.05) is 5.41 Å². The van der Waals surface area contributed by atoms with Crippen LogP contribution in [0.3, 0.4) is 0 Å². The van der Waals surface area contributed by atoms with Crippen molar-refractivity contribution >= 4 is 23.7 Å². The second-order valence-corrected chi connectivity index (χ2v) is 3.56. The average Bonchev–Trinajstić information content (AvgIpc) is 2.53. The van der Waals surface area contributed by atoms with Gasteiger partial charge in [0.05, 0.1) is 13.2 Å². The molecule has 0 atom stereocenters. The van der Waals surface area contributed by atoms with Crippen molar-refractivity contribution in [3.8, 4) is 0 Å². The van der Waals surface area contributed by atoms with E-state index in [1.54, 1.807) is 0 Å². The molecule has 2 aliphatic heterocycles. The first kappa shape index (κ1) is 8.50. The Balaban J connectivity index is 1.97. The maximum absolute atomic E-state index is 5.86. The first-order valence-corrected chi connectivity index (χ1v) is 5.00. The van der Waals surface area contributed by atoms with Crippen LogP contribution in [0, 0.1) is 0 Å². The standard InChI is InChI=1S/C6H10ClN3OS/c7-10-6(5-12-8-10)9-1-3-11-4-2-9/h5,8H,1-4H2. The Morgan fingerprint density at radius 3 is 2.83 bits per heavy atom. The first-order chi connectivity index (χ1) is 5.88. The summed E-state index contributed by atoms with van der Waals surface area (Å²) in [5.74, 6) is 1.02. The van der Waals surface area contributed by atoms with Gasteiger partial charge in [-0.1, -0.05) is 0 Å². The van der Waals surface area contributed by atoms with Crippen molar-refractivity contribution in [2.24, 2.45) is 0 Å². The molecule has 0 unspecified atom stereocenters. The van der Waals surface area contributed by atoms with Gasteiger partial charge in [-0.05, 0) is 11.9 Å². The molecule has 0 aliphatic carbocycles. The number of hydrogen-bond acceptors (Lipinski definition) is 5. The van der Waals surface area contributed by atoms with E-state index in [0.29, 0.717) is 0 Å². The van der Waals surface area contributed by atoms with Crippen molar-refractivity contribution in [3.63, 3.8) is 0 Å². The van der Waals surface area contributed by atoms with Gasteiger partial charge in [0.15, 0.2) is 0 Å². The molecule has 4 nitrogen and oxygen atoms in total. The molecule has 2 aliphatic rings. The van der Waals surface area contributed by atoms with Crippen LogP contribution in [-0.4, -0.2) is 35.7 Å². The fourth-order valence-electron chi connectivity index (χ4n) is 1.21. The van der Waals surface area contributed by atoms with Crippen molar-refractivity contribution < 1.29 is 4.74 Å². The molecule has 0 amide bonds. The molecule has 1 fully saturated rings. The van der Waals surface area contributed by atoms with Gasteiger partial charge >= 0.3 is 0 Å². The van der Waals surface area contributed by atoms with Gasteiger partial charge in [-0.25, -0.2) is 0 Å². The van der Waals surface area contributed by atoms with Gasteiger partial charge in [0, 0.05) is 30.3 Å². The third-order valence-electron chi connectivity index (χ3n) is 1.83. The van der Waals surface area contributed by atoms with Crippen molar-refractivity contribution in [2.45, 2.75) is 0 Å². The van der Waals surface area contributed by atoms with E-state index in [0.717, 1.165) is 32.1 Å². The molecule has 0 spiro atoms. The Bertz CT molecular complexity index is 195. The van der Waals surface area contributed by atoms with Gasteiger partial charge in [-0.15, -0.1) is 0 Å². The van der Waals surface area contributed by atoms with E-state index >= 15 is 0 Å². The molecule has 1 N–H and O–H groups in total. The minimum Gasteiger partial charge on any atom is -0.378 e. The summed E-state index contributed by atoms with van der Waals surface area (Å²) < 4.78 is 6.75. The van der Waals surface area contributed by atoms with Gasteiger partial charge < -0.3 is 9.64 Å². The molecule has 12 heavy (non-hydrogen) atoms. The summed E-state index contributed by atoms with van der Waals surface area (Å²) in [5, 5.41) is 2.00. The molecule has 0 aromatic carbocycles. The molecule has 0 bridgehead atoms. The Morgan fingerprint density at radius 2 is 2.25 bits per heavy atom. The number of nitrogens with one attached hydrogen (secondary N) is 1. The number of nitrogens with zero attached hydrogens (tertiary/aromatic N) is 2. The van der Waals surface area contributed by atoms with Crippen LogP contribution in [0.25, 0.3) is 0 Å². The number of hydrogen-bond donors (Lipinski definition) is 1. The fraction of sp³-hybridized carbons (Fsp3) is 0.667. The van der Waals surface area contributed by atoms with Gasteiger partial charge in [-0.2, -0.15) is 9.36 Å². The fourth-order valence-corrected chi connectivity index (χ4v) is 2.14. The highest BCUT2D eigenvalue weighted by Gasteiger charge is 2.21. The zero-order chi connectivity index (χ0) is 8.39. The molecule has 0 aromatic rings. The molecule has 6 heteroatoms. The zero-order valence-electron chi connectivity index (χ0n) is 6.49. The molecular formula is C6H10ClN3OS. The predicted octanol–water partition coefficient (Wildman–Crippen LogP) is 0.740. The molecule has 2 heterocycles. The first-order valence-electron chi connectivity index (χ1n) is 3.78. The molecular weight excluding hydrogens is 198 g/mol. The van der Waals surface area contributed by atoms with E-state index < -0.39 is 0 Å². The molecule has 1 saturated heterocycles. The third kappa shape index (κ3) is 1.64. The van der Waals surface area contributed by atoms with Crippen molar-refractivity contribution in [3.05, 3.63) is 11.2 Å². The maximum Gasteiger partial charge on any atom is 0.144 e. The van der Waals surface area contributed by atoms with Crippen LogP contribution in [0.4, 0.5) is 0 Å². The van der Waals surface area contributed by atoms with Gasteiger partial charge in [0.1, 0.15) is 5.82 Å². The smallest absolute Gasteiger partial charge is 0.144 e. The Kier molecular flexibility index (Phi) is 2.65. The van der Waals surface area contributed by atoms with E-state index in [1.165, 1.54) is 16.5 Å². The SMILES string of the molecule is ClN1NSC=C1N1CCOCC1. The summed E-state index contributed by atoms with van der Waals surface area (Å²) in [6, 6.07) is 0. The number of ether oxygens (including phenoxy) is 1. The number of hydrazine groups is 1. The summed E-state index contributed by atoms with van der Waals surface area (Å²) >= 11 is 7.35. The van der Waals surface area contributed by atoms with E-state index in [-0.39, 0.29) is 0 Å². The van der Waals surface area contributed by atoms with E-state index in [9.17, 15) is 0 Å². The van der Waals surface area contributed by atoms with Crippen LogP contribution in [0.2, 0.25) is 0 Å². The van der Waals surface area contributed by atoms with Crippen LogP contribution in [0.1, 0.15) is 0 Å². The second kappa shape index (κ2) is 3.74. The van der Waals surface area contributed by atoms with Crippen LogP contribution < -0.4 is 4.83 Å². The minimum atomic E-state index is 0.784. The topological polar surface area (TPSA) is 27.7 Å². The van der Waals surface area contributed by atoms with Crippen molar-refractivity contribution in [1.29, 1.82) is 0 Å². The summed E-state index contributed by atoms with van der Waals surface area (Å²) in [6.45, 7) is 3.40. The summed E-state index contributed by atoms with van der Waals surface area (Å²) in [6.07, 6.45) is 0. The van der Waals surface area contributed by atoms with Gasteiger partial charge in [0.2, 0.25) is 0 Å². The molecule has 0 radical (unpaired) electrons. The van der Waals surface area contributed by atoms with Gasteiger partial charge in [0.25, 0.3) is 0 Å². The Labute approximate surface area is 80.7 Å². The van der Waals surface area contributed by atoms with Crippen LogP contribution in [0.15, 0.2) is 11.2 Å². The van der Waals surface area contributed by atoms with Crippen LogP contribution >= 0.6 is 23.7 Å². The summed E-state index contributed by atoms with van der Waals surface area (Å²) in [5.41, 5.74) is 0. The molecule has 0 aromatic heterocycles. The summed E-state index contributed by atoms with van der Waals surface area (Å²) in [7, 11) is 0. The van der Waals surface area contributed by atoms with E-state index in [2.05, 4.69) is 9.73 Å². The van der Waals surface area contributed by atoms with Crippen LogP contribution in [-0.2, 0) is 4.74 Å². The minimum absolute atomic E-state index is 0.784. The van der Waals surface area contributed by atoms with E-state index in [4.69, 9.17) is 16.5 Å². The van der Waals surface area contributed by atoms with Crippen molar-refractivity contribution in [2.75, 3.05) is 26.3 Å². The quantitative estimate of drug-likeness (QED) is 0.506. The van der Waals surface area contributed by atoms with Crippen molar-refractivity contribution in [1.82, 2.24) is 14.3 Å². The predicted molar refractivity (Wildman–Crippen MR) is 48.9 cm³/mol. The lowest BCUT2D eigenvalue weighted by Crippen LogP contribution is -2.39. The maximum atomic E-state index is 5.86.